The SMILES string of the molecule is CC(C)Nc1nc(Cl)c(C=O)c(NC(C)C)n1. The van der Waals surface area contributed by atoms with Crippen molar-refractivity contribution >= 4 is 29.7 Å². The third-order valence-electron chi connectivity index (χ3n) is 1.86. The Morgan fingerprint density at radius 2 is 1.71 bits per heavy atom. The topological polar surface area (TPSA) is 66.9 Å². The zero-order chi connectivity index (χ0) is 13.0. The van der Waals surface area contributed by atoms with Gasteiger partial charge in [-0.05, 0) is 27.7 Å². The highest BCUT2D eigenvalue weighted by Gasteiger charge is 2.13. The molecule has 0 atom stereocenters. The van der Waals surface area contributed by atoms with Crippen LogP contribution in [-0.4, -0.2) is 28.3 Å². The first-order chi connectivity index (χ1) is 7.93. The highest BCUT2D eigenvalue weighted by molar-refractivity contribution is 6.32. The molecule has 6 heteroatoms. The van der Waals surface area contributed by atoms with Gasteiger partial charge in [0.15, 0.2) is 6.29 Å². The van der Waals surface area contributed by atoms with E-state index in [4.69, 9.17) is 11.6 Å². The van der Waals surface area contributed by atoms with Crippen LogP contribution in [0.1, 0.15) is 38.1 Å². The number of hydrogen-bond donors (Lipinski definition) is 2. The van der Waals surface area contributed by atoms with E-state index in [1.54, 1.807) is 0 Å². The molecule has 0 aliphatic heterocycles. The highest BCUT2D eigenvalue weighted by atomic mass is 35.5. The van der Waals surface area contributed by atoms with E-state index in [9.17, 15) is 4.79 Å². The second-order valence-corrected chi connectivity index (χ2v) is 4.67. The van der Waals surface area contributed by atoms with Crippen molar-refractivity contribution in [2.45, 2.75) is 39.8 Å². The minimum atomic E-state index is 0.154. The lowest BCUT2D eigenvalue weighted by atomic mass is 10.3. The maximum Gasteiger partial charge on any atom is 0.226 e. The van der Waals surface area contributed by atoms with Crippen LogP contribution >= 0.6 is 11.6 Å². The standard InChI is InChI=1S/C11H17ClN4O/c1-6(2)13-10-8(5-17)9(12)15-11(16-10)14-7(3)4/h5-7H,1-4H3,(H2,13,14,15,16). The van der Waals surface area contributed by atoms with Gasteiger partial charge in [0.25, 0.3) is 0 Å². The predicted octanol–water partition coefficient (Wildman–Crippen LogP) is 2.58. The summed E-state index contributed by atoms with van der Waals surface area (Å²) in [6, 6.07) is 0.353. The molecule has 0 bridgehead atoms. The van der Waals surface area contributed by atoms with Gasteiger partial charge in [-0.2, -0.15) is 4.98 Å². The van der Waals surface area contributed by atoms with Crippen molar-refractivity contribution in [1.82, 2.24) is 9.97 Å². The van der Waals surface area contributed by atoms with E-state index in [0.29, 0.717) is 18.1 Å². The van der Waals surface area contributed by atoms with E-state index < -0.39 is 0 Å². The third kappa shape index (κ3) is 3.85. The number of aldehydes is 1. The zero-order valence-electron chi connectivity index (χ0n) is 10.4. The monoisotopic (exact) mass is 256 g/mol. The minimum Gasteiger partial charge on any atom is -0.367 e. The van der Waals surface area contributed by atoms with Crippen molar-refractivity contribution in [1.29, 1.82) is 0 Å². The van der Waals surface area contributed by atoms with Gasteiger partial charge in [-0.15, -0.1) is 0 Å². The Morgan fingerprint density at radius 3 is 2.18 bits per heavy atom. The molecule has 0 fully saturated rings. The molecule has 0 radical (unpaired) electrons. The Bertz CT molecular complexity index is 407. The van der Waals surface area contributed by atoms with Gasteiger partial charge in [0.05, 0.1) is 5.56 Å². The summed E-state index contributed by atoms with van der Waals surface area (Å²) in [7, 11) is 0. The molecule has 1 aromatic heterocycles. The second-order valence-electron chi connectivity index (χ2n) is 4.32. The van der Waals surface area contributed by atoms with Crippen LogP contribution in [0.2, 0.25) is 5.15 Å². The number of nitrogens with one attached hydrogen (secondary N) is 2. The van der Waals surface area contributed by atoms with Crippen LogP contribution < -0.4 is 10.6 Å². The summed E-state index contributed by atoms with van der Waals surface area (Å²) in [6.07, 6.45) is 0.659. The average molecular weight is 257 g/mol. The largest absolute Gasteiger partial charge is 0.367 e. The summed E-state index contributed by atoms with van der Waals surface area (Å²) in [6.45, 7) is 7.86. The summed E-state index contributed by atoms with van der Waals surface area (Å²) in [5.41, 5.74) is 0.287. The van der Waals surface area contributed by atoms with Crippen molar-refractivity contribution in [3.05, 3.63) is 10.7 Å². The van der Waals surface area contributed by atoms with Crippen LogP contribution in [0.4, 0.5) is 11.8 Å². The van der Waals surface area contributed by atoms with Gasteiger partial charge >= 0.3 is 0 Å². The minimum absolute atomic E-state index is 0.154. The number of anilines is 2. The van der Waals surface area contributed by atoms with E-state index in [0.717, 1.165) is 0 Å². The lowest BCUT2D eigenvalue weighted by molar-refractivity contribution is 0.112. The Labute approximate surface area is 106 Å². The second kappa shape index (κ2) is 5.82. The summed E-state index contributed by atoms with van der Waals surface area (Å²) >= 11 is 5.94. The van der Waals surface area contributed by atoms with E-state index in [1.807, 2.05) is 27.7 Å². The molecule has 0 saturated heterocycles. The van der Waals surface area contributed by atoms with Crippen LogP contribution in [0.25, 0.3) is 0 Å². The van der Waals surface area contributed by atoms with Crippen molar-refractivity contribution in [3.8, 4) is 0 Å². The van der Waals surface area contributed by atoms with E-state index in [2.05, 4.69) is 20.6 Å². The quantitative estimate of drug-likeness (QED) is 0.626. The predicted molar refractivity (Wildman–Crippen MR) is 69.9 cm³/mol. The molecule has 94 valence electrons. The van der Waals surface area contributed by atoms with E-state index >= 15 is 0 Å². The number of carbonyl (C=O) groups excluding carboxylic acids is 1. The normalized spacial score (nSPS) is 10.8. The van der Waals surface area contributed by atoms with Crippen molar-refractivity contribution in [2.75, 3.05) is 10.6 Å². The highest BCUT2D eigenvalue weighted by Crippen LogP contribution is 2.21. The Hall–Kier alpha value is -1.36. The fraction of sp³-hybridized carbons (Fsp3) is 0.545. The molecule has 0 aliphatic rings. The van der Waals surface area contributed by atoms with Crippen LogP contribution in [0, 0.1) is 0 Å². The van der Waals surface area contributed by atoms with Gasteiger partial charge < -0.3 is 10.6 Å². The fourth-order valence-corrected chi connectivity index (χ4v) is 1.47. The average Bonchev–Trinajstić information content (AvgIpc) is 2.14. The summed E-state index contributed by atoms with van der Waals surface area (Å²) in [4.78, 5) is 19.2. The van der Waals surface area contributed by atoms with Crippen molar-refractivity contribution in [2.24, 2.45) is 0 Å². The number of halogens is 1. The third-order valence-corrected chi connectivity index (χ3v) is 2.15. The molecule has 0 saturated carbocycles. The van der Waals surface area contributed by atoms with Crippen LogP contribution in [-0.2, 0) is 0 Å². The molecule has 0 aromatic carbocycles. The maximum absolute atomic E-state index is 10.9. The molecule has 0 amide bonds. The van der Waals surface area contributed by atoms with Gasteiger partial charge in [0.2, 0.25) is 5.95 Å². The number of hydrogen-bond acceptors (Lipinski definition) is 5. The molecule has 0 spiro atoms. The number of nitrogens with zero attached hydrogens (tertiary/aromatic N) is 2. The Morgan fingerprint density at radius 1 is 1.12 bits per heavy atom. The molecule has 0 unspecified atom stereocenters. The van der Waals surface area contributed by atoms with Crippen molar-refractivity contribution in [3.63, 3.8) is 0 Å². The molecule has 1 rings (SSSR count). The fourth-order valence-electron chi connectivity index (χ4n) is 1.25. The van der Waals surface area contributed by atoms with Gasteiger partial charge in [-0.1, -0.05) is 11.6 Å². The summed E-state index contributed by atoms with van der Waals surface area (Å²) < 4.78 is 0. The Kier molecular flexibility index (Phi) is 4.69. The van der Waals surface area contributed by atoms with Crippen LogP contribution in [0.3, 0.4) is 0 Å². The lowest BCUT2D eigenvalue weighted by Gasteiger charge is -2.14. The van der Waals surface area contributed by atoms with Gasteiger partial charge in [-0.3, -0.25) is 4.79 Å². The number of carbonyl (C=O) groups is 1. The molecular weight excluding hydrogens is 240 g/mol. The Balaban J connectivity index is 3.13. The summed E-state index contributed by atoms with van der Waals surface area (Å²) in [5, 5.41) is 6.27. The first kappa shape index (κ1) is 13.7. The van der Waals surface area contributed by atoms with Crippen LogP contribution in [0.5, 0.6) is 0 Å². The molecule has 5 nitrogen and oxygen atoms in total. The molecular formula is C11H17ClN4O. The van der Waals surface area contributed by atoms with Crippen molar-refractivity contribution < 1.29 is 4.79 Å². The number of rotatable bonds is 5. The van der Waals surface area contributed by atoms with Crippen LogP contribution in [0.15, 0.2) is 0 Å². The van der Waals surface area contributed by atoms with Gasteiger partial charge in [-0.25, -0.2) is 4.98 Å². The molecule has 1 aromatic rings. The molecule has 1 heterocycles. The molecule has 2 N–H and O–H groups in total. The maximum atomic E-state index is 10.9. The lowest BCUT2D eigenvalue weighted by Crippen LogP contribution is -2.17. The van der Waals surface area contributed by atoms with E-state index in [-0.39, 0.29) is 22.8 Å². The summed E-state index contributed by atoms with van der Waals surface area (Å²) in [5.74, 6) is 0.872. The van der Waals surface area contributed by atoms with Gasteiger partial charge in [0, 0.05) is 12.1 Å². The van der Waals surface area contributed by atoms with E-state index in [1.165, 1.54) is 0 Å². The zero-order valence-corrected chi connectivity index (χ0v) is 11.2. The first-order valence-corrected chi connectivity index (χ1v) is 5.87. The van der Waals surface area contributed by atoms with Gasteiger partial charge in [0.1, 0.15) is 11.0 Å². The molecule has 0 aliphatic carbocycles. The number of aromatic nitrogens is 2. The molecule has 17 heavy (non-hydrogen) atoms. The smallest absolute Gasteiger partial charge is 0.226 e. The first-order valence-electron chi connectivity index (χ1n) is 5.49.